The van der Waals surface area contributed by atoms with Gasteiger partial charge in [0.1, 0.15) is 4.90 Å². The highest BCUT2D eigenvalue weighted by Gasteiger charge is 2.28. The van der Waals surface area contributed by atoms with Gasteiger partial charge in [-0.25, -0.2) is 24.0 Å². The van der Waals surface area contributed by atoms with E-state index in [1.165, 1.54) is 12.3 Å². The summed E-state index contributed by atoms with van der Waals surface area (Å²) in [4.78, 5) is 3.92. The van der Waals surface area contributed by atoms with E-state index in [4.69, 9.17) is 17.4 Å². The third-order valence-electron chi connectivity index (χ3n) is 3.43. The van der Waals surface area contributed by atoms with Gasteiger partial charge < -0.3 is 5.43 Å². The van der Waals surface area contributed by atoms with Crippen molar-refractivity contribution in [2.24, 2.45) is 11.8 Å². The highest BCUT2D eigenvalue weighted by molar-refractivity contribution is 7.89. The fourth-order valence-corrected chi connectivity index (χ4v) is 3.90. The van der Waals surface area contributed by atoms with Crippen molar-refractivity contribution < 1.29 is 8.42 Å². The maximum Gasteiger partial charge on any atom is 0.242 e. The lowest BCUT2D eigenvalue weighted by atomic mass is 10.1. The van der Waals surface area contributed by atoms with Crippen molar-refractivity contribution in [2.75, 3.05) is 5.43 Å². The van der Waals surface area contributed by atoms with Gasteiger partial charge in [-0.3, -0.25) is 0 Å². The summed E-state index contributed by atoms with van der Waals surface area (Å²) < 4.78 is 27.2. The van der Waals surface area contributed by atoms with Gasteiger partial charge in [-0.05, 0) is 24.8 Å². The molecule has 2 atom stereocenters. The third kappa shape index (κ3) is 3.17. The van der Waals surface area contributed by atoms with Gasteiger partial charge in [0, 0.05) is 12.2 Å². The first-order valence-electron chi connectivity index (χ1n) is 6.08. The van der Waals surface area contributed by atoms with Crippen LogP contribution in [0, 0.1) is 5.92 Å². The maximum absolute atomic E-state index is 12.2. The minimum Gasteiger partial charge on any atom is -0.307 e. The molecular formula is C11H17ClN4O2S. The summed E-state index contributed by atoms with van der Waals surface area (Å²) in [5, 5.41) is 0.171. The van der Waals surface area contributed by atoms with E-state index in [9.17, 15) is 8.42 Å². The number of halogens is 1. The van der Waals surface area contributed by atoms with Crippen molar-refractivity contribution in [3.8, 4) is 0 Å². The second kappa shape index (κ2) is 5.62. The minimum atomic E-state index is -3.59. The molecule has 4 N–H and O–H groups in total. The van der Waals surface area contributed by atoms with Crippen LogP contribution in [0.4, 0.5) is 5.82 Å². The fraction of sp³-hybridized carbons (Fsp3) is 0.545. The molecule has 0 aliphatic heterocycles. The monoisotopic (exact) mass is 304 g/mol. The Balaban J connectivity index is 2.22. The van der Waals surface area contributed by atoms with Crippen molar-refractivity contribution in [2.45, 2.75) is 37.1 Å². The number of nitrogens with one attached hydrogen (secondary N) is 2. The zero-order valence-corrected chi connectivity index (χ0v) is 12.1. The topological polar surface area (TPSA) is 97.1 Å². The van der Waals surface area contributed by atoms with Gasteiger partial charge in [-0.2, -0.15) is 0 Å². The lowest BCUT2D eigenvalue weighted by molar-refractivity contribution is 0.476. The van der Waals surface area contributed by atoms with Crippen LogP contribution in [0.3, 0.4) is 0 Å². The van der Waals surface area contributed by atoms with E-state index in [1.807, 2.05) is 6.92 Å². The molecule has 1 aromatic heterocycles. The first kappa shape index (κ1) is 14.5. The molecule has 8 heteroatoms. The molecule has 19 heavy (non-hydrogen) atoms. The molecule has 0 aromatic carbocycles. The van der Waals surface area contributed by atoms with Crippen LogP contribution >= 0.6 is 11.6 Å². The Morgan fingerprint density at radius 3 is 2.74 bits per heavy atom. The average Bonchev–Trinajstić information content (AvgIpc) is 2.74. The van der Waals surface area contributed by atoms with Crippen molar-refractivity contribution in [1.29, 1.82) is 0 Å². The number of pyridine rings is 1. The summed E-state index contributed by atoms with van der Waals surface area (Å²) in [5.74, 6) is 5.79. The zero-order chi connectivity index (χ0) is 14.0. The SMILES string of the molecule is CC1CCCC1NS(=O)(=O)c1cnc(NN)c(Cl)c1. The van der Waals surface area contributed by atoms with Crippen molar-refractivity contribution in [3.05, 3.63) is 17.3 Å². The van der Waals surface area contributed by atoms with Gasteiger partial charge in [0.15, 0.2) is 5.82 Å². The highest BCUT2D eigenvalue weighted by Crippen LogP contribution is 2.27. The molecular weight excluding hydrogens is 288 g/mol. The number of aromatic nitrogens is 1. The van der Waals surface area contributed by atoms with Gasteiger partial charge >= 0.3 is 0 Å². The van der Waals surface area contributed by atoms with Crippen LogP contribution in [0.2, 0.25) is 5.02 Å². The van der Waals surface area contributed by atoms with E-state index in [0.717, 1.165) is 19.3 Å². The molecule has 6 nitrogen and oxygen atoms in total. The van der Waals surface area contributed by atoms with Crippen LogP contribution in [0.1, 0.15) is 26.2 Å². The van der Waals surface area contributed by atoms with E-state index in [-0.39, 0.29) is 21.8 Å². The second-order valence-electron chi connectivity index (χ2n) is 4.78. The van der Waals surface area contributed by atoms with Gasteiger partial charge in [0.2, 0.25) is 10.0 Å². The number of hydrazine groups is 1. The molecule has 1 aromatic rings. The number of hydrogen-bond donors (Lipinski definition) is 3. The zero-order valence-electron chi connectivity index (χ0n) is 10.6. The molecule has 1 heterocycles. The lowest BCUT2D eigenvalue weighted by Crippen LogP contribution is -2.36. The summed E-state index contributed by atoms with van der Waals surface area (Å²) in [6.07, 6.45) is 4.19. The van der Waals surface area contributed by atoms with Gasteiger partial charge in [0.05, 0.1) is 5.02 Å². The van der Waals surface area contributed by atoms with Crippen LogP contribution in [0.5, 0.6) is 0 Å². The van der Waals surface area contributed by atoms with E-state index >= 15 is 0 Å². The Labute approximate surface area is 117 Å². The Morgan fingerprint density at radius 2 is 2.21 bits per heavy atom. The Morgan fingerprint density at radius 1 is 1.47 bits per heavy atom. The van der Waals surface area contributed by atoms with Crippen molar-refractivity contribution in [1.82, 2.24) is 9.71 Å². The summed E-state index contributed by atoms with van der Waals surface area (Å²) >= 11 is 5.88. The summed E-state index contributed by atoms with van der Waals surface area (Å²) in [6, 6.07) is 1.32. The Bertz CT molecular complexity index is 564. The molecule has 106 valence electrons. The van der Waals surface area contributed by atoms with Crippen LogP contribution in [0.15, 0.2) is 17.2 Å². The van der Waals surface area contributed by atoms with E-state index in [0.29, 0.717) is 5.92 Å². The number of nitrogen functional groups attached to an aromatic ring is 1. The number of nitrogens with zero attached hydrogens (tertiary/aromatic N) is 1. The summed E-state index contributed by atoms with van der Waals surface area (Å²) in [7, 11) is -3.59. The molecule has 0 radical (unpaired) electrons. The minimum absolute atomic E-state index is 0.0175. The van der Waals surface area contributed by atoms with E-state index in [2.05, 4.69) is 15.1 Å². The van der Waals surface area contributed by atoms with Crippen molar-refractivity contribution in [3.63, 3.8) is 0 Å². The molecule has 1 saturated carbocycles. The predicted octanol–water partition coefficient (Wildman–Crippen LogP) is 1.49. The second-order valence-corrected chi connectivity index (χ2v) is 6.90. The van der Waals surface area contributed by atoms with E-state index in [1.54, 1.807) is 0 Å². The lowest BCUT2D eigenvalue weighted by Gasteiger charge is -2.17. The van der Waals surface area contributed by atoms with Crippen LogP contribution in [0.25, 0.3) is 0 Å². The predicted molar refractivity (Wildman–Crippen MR) is 74.2 cm³/mol. The first-order chi connectivity index (χ1) is 8.94. The Hall–Kier alpha value is -0.890. The number of hydrogen-bond acceptors (Lipinski definition) is 5. The maximum atomic E-state index is 12.2. The summed E-state index contributed by atoms with van der Waals surface area (Å²) in [6.45, 7) is 2.05. The molecule has 0 amide bonds. The fourth-order valence-electron chi connectivity index (χ4n) is 2.26. The molecule has 1 aliphatic carbocycles. The molecule has 0 bridgehead atoms. The number of anilines is 1. The van der Waals surface area contributed by atoms with Crippen molar-refractivity contribution >= 4 is 27.4 Å². The van der Waals surface area contributed by atoms with Gasteiger partial charge in [-0.1, -0.05) is 24.9 Å². The van der Waals surface area contributed by atoms with E-state index < -0.39 is 10.0 Å². The third-order valence-corrected chi connectivity index (χ3v) is 5.18. The largest absolute Gasteiger partial charge is 0.307 e. The summed E-state index contributed by atoms with van der Waals surface area (Å²) in [5.41, 5.74) is 2.30. The molecule has 2 unspecified atom stereocenters. The molecule has 0 spiro atoms. The van der Waals surface area contributed by atoms with Gasteiger partial charge in [0.25, 0.3) is 0 Å². The van der Waals surface area contributed by atoms with Gasteiger partial charge in [-0.15, -0.1) is 0 Å². The number of rotatable bonds is 4. The molecule has 1 fully saturated rings. The standard InChI is InChI=1S/C11H17ClN4O2S/c1-7-3-2-4-10(7)16-19(17,18)8-5-9(12)11(15-13)14-6-8/h5-7,10,16H,2-4,13H2,1H3,(H,14,15). The quantitative estimate of drug-likeness (QED) is 0.578. The van der Waals surface area contributed by atoms with Crippen LogP contribution in [-0.4, -0.2) is 19.4 Å². The smallest absolute Gasteiger partial charge is 0.242 e. The highest BCUT2D eigenvalue weighted by atomic mass is 35.5. The van der Waals surface area contributed by atoms with Crippen LogP contribution < -0.4 is 16.0 Å². The first-order valence-corrected chi connectivity index (χ1v) is 7.94. The molecule has 2 rings (SSSR count). The normalized spacial score (nSPS) is 23.5. The molecule has 1 aliphatic rings. The molecule has 0 saturated heterocycles. The Kier molecular flexibility index (Phi) is 4.29. The van der Waals surface area contributed by atoms with Crippen LogP contribution in [-0.2, 0) is 10.0 Å². The number of nitrogens with two attached hydrogens (primary N) is 1. The average molecular weight is 305 g/mol. The number of sulfonamides is 1.